The van der Waals surface area contributed by atoms with Gasteiger partial charge in [-0.2, -0.15) is 0 Å². The average Bonchev–Trinajstić information content (AvgIpc) is 2.38. The number of phenolic OH excluding ortho intramolecular Hbond substituents is 1. The fraction of sp³-hybridized carbons (Fsp3) is 0.312. The summed E-state index contributed by atoms with van der Waals surface area (Å²) < 4.78 is 5.66. The van der Waals surface area contributed by atoms with E-state index in [-0.39, 0.29) is 5.75 Å². The Labute approximate surface area is 112 Å². The number of hydrogen-bond donors (Lipinski definition) is 1. The van der Waals surface area contributed by atoms with Crippen molar-refractivity contribution >= 4 is 0 Å². The number of hydrogen-bond acceptors (Lipinski definition) is 3. The summed E-state index contributed by atoms with van der Waals surface area (Å²) in [5.41, 5.74) is 1.94. The highest BCUT2D eigenvalue weighted by Crippen LogP contribution is 2.27. The van der Waals surface area contributed by atoms with Gasteiger partial charge in [0.1, 0.15) is 5.75 Å². The Balaban J connectivity index is 1.67. The van der Waals surface area contributed by atoms with Gasteiger partial charge in [0.05, 0.1) is 6.61 Å². The van der Waals surface area contributed by atoms with Gasteiger partial charge in [0.2, 0.25) is 5.88 Å². The van der Waals surface area contributed by atoms with Gasteiger partial charge < -0.3 is 9.84 Å². The lowest BCUT2D eigenvalue weighted by molar-refractivity contribution is 0.175. The summed E-state index contributed by atoms with van der Waals surface area (Å²) in [7, 11) is 0. The first kappa shape index (κ1) is 12.0. The van der Waals surface area contributed by atoms with E-state index in [4.69, 9.17) is 4.74 Å². The lowest BCUT2D eigenvalue weighted by Crippen LogP contribution is -2.19. The average molecular weight is 255 g/mol. The molecule has 1 aliphatic rings. The molecule has 0 atom stereocenters. The number of nitrogens with zero attached hydrogens (tertiary/aromatic N) is 1. The van der Waals surface area contributed by atoms with E-state index in [0.29, 0.717) is 11.8 Å². The minimum atomic E-state index is 0.266. The first-order chi connectivity index (χ1) is 9.31. The van der Waals surface area contributed by atoms with Crippen molar-refractivity contribution in [2.75, 3.05) is 6.61 Å². The number of ether oxygens (including phenoxy) is 1. The lowest BCUT2D eigenvalue weighted by Gasteiger charge is -2.24. The second kappa shape index (κ2) is 5.31. The van der Waals surface area contributed by atoms with E-state index in [2.05, 4.69) is 4.98 Å². The second-order valence-corrected chi connectivity index (χ2v) is 5.04. The van der Waals surface area contributed by atoms with Crippen molar-refractivity contribution in [1.82, 2.24) is 4.98 Å². The monoisotopic (exact) mass is 255 g/mol. The molecule has 0 aliphatic heterocycles. The Morgan fingerprint density at radius 1 is 1.16 bits per heavy atom. The van der Waals surface area contributed by atoms with E-state index in [1.54, 1.807) is 18.3 Å². The summed E-state index contributed by atoms with van der Waals surface area (Å²) >= 11 is 0. The predicted molar refractivity (Wildman–Crippen MR) is 74.2 cm³/mol. The molecule has 0 unspecified atom stereocenters. The van der Waals surface area contributed by atoms with Gasteiger partial charge in [-0.1, -0.05) is 18.6 Å². The molecule has 1 fully saturated rings. The lowest BCUT2D eigenvalue weighted by atomic mass is 9.86. The molecule has 1 aliphatic carbocycles. The number of aromatic nitrogens is 1. The molecule has 0 bridgehead atoms. The van der Waals surface area contributed by atoms with Gasteiger partial charge in [0.15, 0.2) is 0 Å². The largest absolute Gasteiger partial charge is 0.508 e. The van der Waals surface area contributed by atoms with Crippen LogP contribution in [0.15, 0.2) is 42.6 Å². The summed E-state index contributed by atoms with van der Waals surface area (Å²) in [6.45, 7) is 0.776. The zero-order valence-electron chi connectivity index (χ0n) is 10.7. The summed E-state index contributed by atoms with van der Waals surface area (Å²) in [6.07, 6.45) is 5.67. The maximum Gasteiger partial charge on any atom is 0.213 e. The van der Waals surface area contributed by atoms with Crippen LogP contribution in [-0.2, 0) is 0 Å². The van der Waals surface area contributed by atoms with Gasteiger partial charge in [-0.15, -0.1) is 0 Å². The Hall–Kier alpha value is -2.03. The molecular formula is C16H17NO2. The zero-order chi connectivity index (χ0) is 13.1. The molecule has 0 radical (unpaired) electrons. The zero-order valence-corrected chi connectivity index (χ0v) is 10.7. The summed E-state index contributed by atoms with van der Waals surface area (Å²) in [6, 6.07) is 11.0. The van der Waals surface area contributed by atoms with Crippen molar-refractivity contribution in [2.24, 2.45) is 5.92 Å². The number of aromatic hydroxyl groups is 1. The maximum atomic E-state index is 9.46. The van der Waals surface area contributed by atoms with Gasteiger partial charge in [-0.05, 0) is 42.5 Å². The van der Waals surface area contributed by atoms with Crippen LogP contribution in [0.25, 0.3) is 11.1 Å². The van der Waals surface area contributed by atoms with Crippen LogP contribution in [0.4, 0.5) is 0 Å². The van der Waals surface area contributed by atoms with E-state index in [1.807, 2.05) is 24.3 Å². The van der Waals surface area contributed by atoms with Crippen molar-refractivity contribution in [2.45, 2.75) is 19.3 Å². The van der Waals surface area contributed by atoms with Crippen LogP contribution in [-0.4, -0.2) is 16.7 Å². The van der Waals surface area contributed by atoms with Crippen molar-refractivity contribution < 1.29 is 9.84 Å². The van der Waals surface area contributed by atoms with Gasteiger partial charge >= 0.3 is 0 Å². The molecule has 0 amide bonds. The molecule has 3 rings (SSSR count). The van der Waals surface area contributed by atoms with Crippen molar-refractivity contribution in [1.29, 1.82) is 0 Å². The fourth-order valence-electron chi connectivity index (χ4n) is 2.18. The van der Waals surface area contributed by atoms with Crippen LogP contribution in [0.2, 0.25) is 0 Å². The molecule has 1 heterocycles. The minimum absolute atomic E-state index is 0.266. The van der Waals surface area contributed by atoms with Gasteiger partial charge in [0, 0.05) is 17.8 Å². The van der Waals surface area contributed by atoms with Crippen molar-refractivity contribution in [3.63, 3.8) is 0 Å². The smallest absolute Gasteiger partial charge is 0.213 e. The molecule has 1 aromatic carbocycles. The number of benzene rings is 1. The van der Waals surface area contributed by atoms with Gasteiger partial charge in [-0.25, -0.2) is 4.98 Å². The van der Waals surface area contributed by atoms with Gasteiger partial charge in [-0.3, -0.25) is 0 Å². The minimum Gasteiger partial charge on any atom is -0.508 e. The van der Waals surface area contributed by atoms with E-state index in [1.165, 1.54) is 19.3 Å². The Morgan fingerprint density at radius 3 is 2.68 bits per heavy atom. The van der Waals surface area contributed by atoms with Crippen LogP contribution < -0.4 is 4.74 Å². The third-order valence-electron chi connectivity index (χ3n) is 3.61. The highest BCUT2D eigenvalue weighted by molar-refractivity contribution is 5.64. The number of rotatable bonds is 4. The Bertz CT molecular complexity index is 547. The fourth-order valence-corrected chi connectivity index (χ4v) is 2.18. The predicted octanol–water partition coefficient (Wildman–Crippen LogP) is 3.63. The van der Waals surface area contributed by atoms with E-state index in [0.717, 1.165) is 17.7 Å². The molecule has 98 valence electrons. The van der Waals surface area contributed by atoms with Crippen LogP contribution >= 0.6 is 0 Å². The Kier molecular flexibility index (Phi) is 3.36. The number of phenols is 1. The van der Waals surface area contributed by atoms with Crippen molar-refractivity contribution in [3.8, 4) is 22.8 Å². The highest BCUT2D eigenvalue weighted by Gasteiger charge is 2.17. The van der Waals surface area contributed by atoms with Crippen LogP contribution in [0.1, 0.15) is 19.3 Å². The molecule has 1 N–H and O–H groups in total. The first-order valence-electron chi connectivity index (χ1n) is 6.69. The molecule has 19 heavy (non-hydrogen) atoms. The van der Waals surface area contributed by atoms with Crippen molar-refractivity contribution in [3.05, 3.63) is 42.6 Å². The summed E-state index contributed by atoms with van der Waals surface area (Å²) in [4.78, 5) is 4.31. The topological polar surface area (TPSA) is 42.4 Å². The summed E-state index contributed by atoms with van der Waals surface area (Å²) in [5.74, 6) is 1.66. The first-order valence-corrected chi connectivity index (χ1v) is 6.69. The maximum absolute atomic E-state index is 9.46. The van der Waals surface area contributed by atoms with Crippen LogP contribution in [0.3, 0.4) is 0 Å². The normalized spacial score (nSPS) is 14.9. The molecule has 0 spiro atoms. The third-order valence-corrected chi connectivity index (χ3v) is 3.61. The van der Waals surface area contributed by atoms with Crippen LogP contribution in [0.5, 0.6) is 11.6 Å². The summed E-state index contributed by atoms with van der Waals surface area (Å²) in [5, 5.41) is 9.46. The molecule has 3 heteroatoms. The molecule has 1 aromatic heterocycles. The number of pyridine rings is 1. The van der Waals surface area contributed by atoms with E-state index in [9.17, 15) is 5.11 Å². The molecule has 2 aromatic rings. The third kappa shape index (κ3) is 2.87. The molecular weight excluding hydrogens is 238 g/mol. The van der Waals surface area contributed by atoms with E-state index >= 15 is 0 Å². The standard InChI is InChI=1S/C16H17NO2/c18-15-6-2-5-13(9-15)14-7-8-16(17-10-14)19-11-12-3-1-4-12/h2,5-10,12,18H,1,3-4,11H2. The van der Waals surface area contributed by atoms with Gasteiger partial charge in [0.25, 0.3) is 0 Å². The quantitative estimate of drug-likeness (QED) is 0.907. The molecule has 3 nitrogen and oxygen atoms in total. The Morgan fingerprint density at radius 2 is 2.05 bits per heavy atom. The SMILES string of the molecule is Oc1cccc(-c2ccc(OCC3CCC3)nc2)c1. The van der Waals surface area contributed by atoms with E-state index < -0.39 is 0 Å². The highest BCUT2D eigenvalue weighted by atomic mass is 16.5. The molecule has 1 saturated carbocycles. The van der Waals surface area contributed by atoms with Crippen LogP contribution in [0, 0.1) is 5.92 Å². The second-order valence-electron chi connectivity index (χ2n) is 5.04. The molecule has 0 saturated heterocycles.